The van der Waals surface area contributed by atoms with E-state index in [4.69, 9.17) is 4.74 Å². The lowest BCUT2D eigenvalue weighted by Crippen LogP contribution is -2.32. The maximum absolute atomic E-state index is 13.0. The van der Waals surface area contributed by atoms with Crippen molar-refractivity contribution in [1.82, 2.24) is 19.1 Å². The molecule has 10 heteroatoms. The number of amides is 1. The van der Waals surface area contributed by atoms with Gasteiger partial charge in [0.25, 0.3) is 11.5 Å². The van der Waals surface area contributed by atoms with E-state index in [-0.39, 0.29) is 11.2 Å². The lowest BCUT2D eigenvalue weighted by Gasteiger charge is -2.12. The minimum atomic E-state index is -1.09. The van der Waals surface area contributed by atoms with Crippen molar-refractivity contribution in [2.45, 2.75) is 47.3 Å². The molecule has 0 bridgehead atoms. The summed E-state index contributed by atoms with van der Waals surface area (Å²) in [5, 5.41) is 8.10. The molecule has 3 heterocycles. The number of nitrogens with one attached hydrogen (secondary N) is 1. The van der Waals surface area contributed by atoms with Gasteiger partial charge in [0.15, 0.2) is 6.10 Å². The first-order valence-corrected chi connectivity index (χ1v) is 12.2. The van der Waals surface area contributed by atoms with Gasteiger partial charge < -0.3 is 10.1 Å². The van der Waals surface area contributed by atoms with Crippen LogP contribution in [0.15, 0.2) is 41.2 Å². The van der Waals surface area contributed by atoms with Gasteiger partial charge >= 0.3 is 5.97 Å². The number of fused-ring (bicyclic) bond motifs is 1. The highest BCUT2D eigenvalue weighted by Gasteiger charge is 2.25. The molecule has 0 spiro atoms. The number of hydrogen-bond donors (Lipinski definition) is 1. The van der Waals surface area contributed by atoms with Gasteiger partial charge in [0.05, 0.1) is 17.1 Å². The summed E-state index contributed by atoms with van der Waals surface area (Å²) in [6, 6.07) is 10.9. The van der Waals surface area contributed by atoms with Crippen LogP contribution >= 0.6 is 11.3 Å². The van der Waals surface area contributed by atoms with Crippen molar-refractivity contribution in [1.29, 1.82) is 0 Å². The summed E-state index contributed by atoms with van der Waals surface area (Å²) in [7, 11) is 1.74. The van der Waals surface area contributed by atoms with E-state index in [1.165, 1.54) is 22.9 Å². The molecular formula is C25H29N5O4S. The summed E-state index contributed by atoms with van der Waals surface area (Å²) in [5.74, 6) is -0.755. The normalized spacial score (nSPS) is 12.3. The number of carbonyl (C=O) groups excluding carboxylic acids is 2. The van der Waals surface area contributed by atoms with E-state index in [2.05, 4.69) is 24.3 Å². The van der Waals surface area contributed by atoms with Gasteiger partial charge in [-0.3, -0.25) is 19.0 Å². The SMILES string of the molecule is Cc1nn(CC(C)C)c2sc(C(=O)OC(C)C(=O)Nc3c(C)n(C)n(-c4ccccc4)c3=O)cc12. The van der Waals surface area contributed by atoms with Gasteiger partial charge in [-0.2, -0.15) is 5.10 Å². The predicted octanol–water partition coefficient (Wildman–Crippen LogP) is 4.04. The smallest absolute Gasteiger partial charge is 0.349 e. The molecule has 0 saturated heterocycles. The van der Waals surface area contributed by atoms with E-state index in [0.717, 1.165) is 22.5 Å². The fourth-order valence-electron chi connectivity index (χ4n) is 3.89. The molecule has 9 nitrogen and oxygen atoms in total. The first-order chi connectivity index (χ1) is 16.6. The van der Waals surface area contributed by atoms with Crippen molar-refractivity contribution in [3.8, 4) is 5.69 Å². The average Bonchev–Trinajstić information content (AvgIpc) is 3.43. The van der Waals surface area contributed by atoms with Gasteiger partial charge in [-0.1, -0.05) is 32.0 Å². The van der Waals surface area contributed by atoms with Crippen molar-refractivity contribution < 1.29 is 14.3 Å². The standard InChI is InChI=1S/C25H29N5O4S/c1-14(2)13-29-24-19(15(3)27-29)12-20(35-24)25(33)34-17(5)22(31)26-21-16(4)28(6)30(23(21)32)18-10-8-7-9-11-18/h7-12,14,17H,13H2,1-6H3,(H,26,31). The fraction of sp³-hybridized carbons (Fsp3) is 0.360. The Kier molecular flexibility index (Phi) is 6.66. The Balaban J connectivity index is 1.51. The molecule has 1 aromatic carbocycles. The van der Waals surface area contributed by atoms with E-state index in [1.54, 1.807) is 24.7 Å². The lowest BCUT2D eigenvalue weighted by molar-refractivity contribution is -0.123. The Bertz CT molecular complexity index is 1460. The number of hydrogen-bond acceptors (Lipinski definition) is 6. The van der Waals surface area contributed by atoms with Crippen LogP contribution in [0, 0.1) is 19.8 Å². The van der Waals surface area contributed by atoms with E-state index in [0.29, 0.717) is 22.2 Å². The minimum absolute atomic E-state index is 0.149. The molecule has 4 rings (SSSR count). The highest BCUT2D eigenvalue weighted by molar-refractivity contribution is 7.20. The van der Waals surface area contributed by atoms with Gasteiger partial charge in [-0.15, -0.1) is 11.3 Å². The number of ether oxygens (including phenoxy) is 1. The molecule has 1 unspecified atom stereocenters. The predicted molar refractivity (Wildman–Crippen MR) is 136 cm³/mol. The number of aryl methyl sites for hydroxylation is 1. The monoisotopic (exact) mass is 495 g/mol. The lowest BCUT2D eigenvalue weighted by atomic mass is 10.2. The third-order valence-corrected chi connectivity index (χ3v) is 6.93. The number of aromatic nitrogens is 4. The zero-order chi connectivity index (χ0) is 25.4. The molecule has 4 aromatic rings. The van der Waals surface area contributed by atoms with Crippen LogP contribution in [0.1, 0.15) is 41.8 Å². The molecule has 35 heavy (non-hydrogen) atoms. The third kappa shape index (κ3) is 4.66. The van der Waals surface area contributed by atoms with Gasteiger partial charge in [-0.25, -0.2) is 9.48 Å². The molecule has 0 radical (unpaired) electrons. The van der Waals surface area contributed by atoms with E-state index in [1.807, 2.05) is 41.9 Å². The number of nitrogens with zero attached hydrogens (tertiary/aromatic N) is 4. The molecule has 1 N–H and O–H groups in total. The van der Waals surface area contributed by atoms with Gasteiger partial charge in [-0.05, 0) is 44.9 Å². The van der Waals surface area contributed by atoms with Crippen molar-refractivity contribution in [3.05, 3.63) is 63.0 Å². The number of benzene rings is 1. The van der Waals surface area contributed by atoms with E-state index >= 15 is 0 Å². The third-order valence-electron chi connectivity index (χ3n) is 5.80. The molecular weight excluding hydrogens is 466 g/mol. The Morgan fingerprint density at radius 3 is 2.49 bits per heavy atom. The van der Waals surface area contributed by atoms with Crippen LogP contribution in [0.25, 0.3) is 15.9 Å². The Labute approximate surface area is 206 Å². The summed E-state index contributed by atoms with van der Waals surface area (Å²) >= 11 is 1.30. The molecule has 0 saturated carbocycles. The number of carbonyl (C=O) groups is 2. The highest BCUT2D eigenvalue weighted by atomic mass is 32.1. The minimum Gasteiger partial charge on any atom is -0.448 e. The Morgan fingerprint density at radius 1 is 1.14 bits per heavy atom. The van der Waals surface area contributed by atoms with E-state index in [9.17, 15) is 14.4 Å². The molecule has 0 aliphatic carbocycles. The molecule has 0 aliphatic rings. The number of rotatable bonds is 7. The molecule has 1 atom stereocenters. The number of anilines is 1. The second kappa shape index (κ2) is 9.53. The molecule has 0 fully saturated rings. The topological polar surface area (TPSA) is 100 Å². The Hall–Kier alpha value is -3.66. The van der Waals surface area contributed by atoms with Crippen LogP contribution < -0.4 is 10.9 Å². The van der Waals surface area contributed by atoms with Crippen LogP contribution in [0.3, 0.4) is 0 Å². The molecule has 3 aromatic heterocycles. The van der Waals surface area contributed by atoms with Crippen LogP contribution in [-0.4, -0.2) is 37.1 Å². The van der Waals surface area contributed by atoms with Crippen LogP contribution in [0.2, 0.25) is 0 Å². The Morgan fingerprint density at radius 2 is 1.83 bits per heavy atom. The summed E-state index contributed by atoms with van der Waals surface area (Å²) in [6.07, 6.45) is -1.09. The van der Waals surface area contributed by atoms with Crippen molar-refractivity contribution >= 4 is 39.1 Å². The van der Waals surface area contributed by atoms with Gasteiger partial charge in [0, 0.05) is 19.0 Å². The van der Waals surface area contributed by atoms with Crippen molar-refractivity contribution in [2.24, 2.45) is 13.0 Å². The first-order valence-electron chi connectivity index (χ1n) is 11.4. The maximum atomic E-state index is 13.0. The summed E-state index contributed by atoms with van der Waals surface area (Å²) in [6.45, 7) is 10.1. The molecule has 1 amide bonds. The number of esters is 1. The average molecular weight is 496 g/mol. The van der Waals surface area contributed by atoms with Gasteiger partial charge in [0.2, 0.25) is 0 Å². The quantitative estimate of drug-likeness (QED) is 0.390. The first kappa shape index (κ1) is 24.5. The van der Waals surface area contributed by atoms with Crippen LogP contribution in [-0.2, 0) is 23.1 Å². The maximum Gasteiger partial charge on any atom is 0.349 e. The van der Waals surface area contributed by atoms with Crippen molar-refractivity contribution in [3.63, 3.8) is 0 Å². The highest BCUT2D eigenvalue weighted by Crippen LogP contribution is 2.29. The second-order valence-corrected chi connectivity index (χ2v) is 9.99. The summed E-state index contributed by atoms with van der Waals surface area (Å²) in [5.41, 5.74) is 1.89. The second-order valence-electron chi connectivity index (χ2n) is 8.96. The zero-order valence-electron chi connectivity index (χ0n) is 20.7. The summed E-state index contributed by atoms with van der Waals surface area (Å²) < 4.78 is 10.5. The summed E-state index contributed by atoms with van der Waals surface area (Å²) in [4.78, 5) is 40.0. The van der Waals surface area contributed by atoms with Crippen LogP contribution in [0.4, 0.5) is 5.69 Å². The van der Waals surface area contributed by atoms with E-state index < -0.39 is 18.0 Å². The largest absolute Gasteiger partial charge is 0.448 e. The molecule has 184 valence electrons. The number of para-hydroxylation sites is 1. The number of thiophene rings is 1. The zero-order valence-corrected chi connectivity index (χ0v) is 21.5. The van der Waals surface area contributed by atoms with Gasteiger partial charge in [0.1, 0.15) is 15.4 Å². The van der Waals surface area contributed by atoms with Crippen molar-refractivity contribution in [2.75, 3.05) is 5.32 Å². The fourth-order valence-corrected chi connectivity index (χ4v) is 4.95. The van der Waals surface area contributed by atoms with Crippen LogP contribution in [0.5, 0.6) is 0 Å². The molecule has 0 aliphatic heterocycles.